The second-order valence-electron chi connectivity index (χ2n) is 9.32. The first-order chi connectivity index (χ1) is 17.0. The molecule has 0 saturated carbocycles. The van der Waals surface area contributed by atoms with Crippen molar-refractivity contribution in [1.29, 1.82) is 5.26 Å². The average Bonchev–Trinajstić information content (AvgIpc) is 3.19. The third kappa shape index (κ3) is 3.82. The van der Waals surface area contributed by atoms with Crippen LogP contribution in [0.1, 0.15) is 61.0 Å². The highest BCUT2D eigenvalue weighted by molar-refractivity contribution is 5.95. The Morgan fingerprint density at radius 3 is 2.71 bits per heavy atom. The van der Waals surface area contributed by atoms with Crippen molar-refractivity contribution in [3.05, 3.63) is 64.4 Å². The van der Waals surface area contributed by atoms with Crippen molar-refractivity contribution in [2.24, 2.45) is 0 Å². The van der Waals surface area contributed by atoms with E-state index in [0.29, 0.717) is 35.0 Å². The van der Waals surface area contributed by atoms with Gasteiger partial charge in [0.15, 0.2) is 0 Å². The minimum absolute atomic E-state index is 0.211. The lowest BCUT2D eigenvalue weighted by Gasteiger charge is -2.42. The molecule has 2 atom stereocenters. The zero-order valence-corrected chi connectivity index (χ0v) is 19.6. The van der Waals surface area contributed by atoms with Gasteiger partial charge in [-0.1, -0.05) is 25.8 Å². The zero-order chi connectivity index (χ0) is 24.7. The van der Waals surface area contributed by atoms with E-state index in [4.69, 9.17) is 6.42 Å². The lowest BCUT2D eigenvalue weighted by Crippen LogP contribution is -2.47. The Balaban J connectivity index is 1.73. The van der Waals surface area contributed by atoms with Gasteiger partial charge in [-0.15, -0.1) is 6.42 Å². The third-order valence-corrected chi connectivity index (χ3v) is 7.25. The molecule has 178 valence electrons. The van der Waals surface area contributed by atoms with Crippen molar-refractivity contribution in [1.82, 2.24) is 9.88 Å². The summed E-state index contributed by atoms with van der Waals surface area (Å²) in [5.41, 5.74) is 3.70. The molecule has 3 aromatic rings. The standard InChI is InChI=1S/C28H26F2N4O/c1-3-5-7-20-15-22-21-13-19(29)14-23(30)26(21)32-27(22)28(34(20)25(35)4-2)17-8-9-24(18(12-17)16-31)33-10-6-11-33/h2,8-9,12-14,20,28,32H,3,5-7,10-11,15H2,1H3/t20-,28-/m0/s1. The van der Waals surface area contributed by atoms with Crippen molar-refractivity contribution < 1.29 is 13.6 Å². The maximum atomic E-state index is 14.8. The van der Waals surface area contributed by atoms with Gasteiger partial charge in [0.25, 0.3) is 5.91 Å². The summed E-state index contributed by atoms with van der Waals surface area (Å²) in [5, 5.41) is 10.4. The molecule has 3 heterocycles. The largest absolute Gasteiger partial charge is 0.370 e. The van der Waals surface area contributed by atoms with Crippen LogP contribution in [-0.4, -0.2) is 34.9 Å². The fourth-order valence-corrected chi connectivity index (χ4v) is 5.44. The average molecular weight is 473 g/mol. The summed E-state index contributed by atoms with van der Waals surface area (Å²) in [4.78, 5) is 20.1. The molecular formula is C28H26F2N4O. The predicted molar refractivity (Wildman–Crippen MR) is 131 cm³/mol. The van der Waals surface area contributed by atoms with E-state index in [-0.39, 0.29) is 11.6 Å². The molecule has 0 unspecified atom stereocenters. The minimum Gasteiger partial charge on any atom is -0.370 e. The van der Waals surface area contributed by atoms with Crippen LogP contribution in [-0.2, 0) is 11.2 Å². The third-order valence-electron chi connectivity index (χ3n) is 7.25. The molecule has 1 amide bonds. The molecule has 5 rings (SSSR count). The number of carbonyl (C=O) groups is 1. The lowest BCUT2D eigenvalue weighted by molar-refractivity contribution is -0.130. The van der Waals surface area contributed by atoms with Crippen LogP contribution in [0.3, 0.4) is 0 Å². The number of nitriles is 1. The van der Waals surface area contributed by atoms with E-state index in [1.165, 1.54) is 6.07 Å². The highest BCUT2D eigenvalue weighted by atomic mass is 19.1. The molecule has 1 saturated heterocycles. The summed E-state index contributed by atoms with van der Waals surface area (Å²) in [7, 11) is 0. The fourth-order valence-electron chi connectivity index (χ4n) is 5.44. The number of amides is 1. The molecule has 1 N–H and O–H groups in total. The number of fused-ring (bicyclic) bond motifs is 3. The highest BCUT2D eigenvalue weighted by Gasteiger charge is 2.40. The number of nitrogens with zero attached hydrogens (tertiary/aromatic N) is 3. The van der Waals surface area contributed by atoms with E-state index in [9.17, 15) is 18.8 Å². The Hall–Kier alpha value is -3.84. The number of carbonyl (C=O) groups excluding carboxylic acids is 1. The molecule has 35 heavy (non-hydrogen) atoms. The maximum Gasteiger partial charge on any atom is 0.299 e. The molecule has 7 heteroatoms. The van der Waals surface area contributed by atoms with E-state index in [1.807, 2.05) is 12.1 Å². The molecular weight excluding hydrogens is 446 g/mol. The molecule has 0 aliphatic carbocycles. The van der Waals surface area contributed by atoms with Gasteiger partial charge < -0.3 is 14.8 Å². The normalized spacial score (nSPS) is 19.1. The number of aromatic amines is 1. The second-order valence-corrected chi connectivity index (χ2v) is 9.32. The molecule has 1 aromatic heterocycles. The van der Waals surface area contributed by atoms with Crippen LogP contribution in [0.25, 0.3) is 10.9 Å². The second kappa shape index (κ2) is 9.07. The summed E-state index contributed by atoms with van der Waals surface area (Å²) >= 11 is 0. The van der Waals surface area contributed by atoms with Crippen molar-refractivity contribution >= 4 is 22.5 Å². The topological polar surface area (TPSA) is 63.1 Å². The number of rotatable bonds is 5. The van der Waals surface area contributed by atoms with Gasteiger partial charge in [-0.05, 0) is 54.5 Å². The number of anilines is 1. The van der Waals surface area contributed by atoms with Crippen LogP contribution < -0.4 is 4.90 Å². The summed E-state index contributed by atoms with van der Waals surface area (Å²) in [6.07, 6.45) is 9.65. The Bertz CT molecular complexity index is 1390. The van der Waals surface area contributed by atoms with Gasteiger partial charge in [-0.25, -0.2) is 8.78 Å². The zero-order valence-electron chi connectivity index (χ0n) is 19.6. The number of hydrogen-bond acceptors (Lipinski definition) is 3. The van der Waals surface area contributed by atoms with Gasteiger partial charge in [0.2, 0.25) is 0 Å². The predicted octanol–water partition coefficient (Wildman–Crippen LogP) is 5.19. The number of hydrogen-bond donors (Lipinski definition) is 1. The monoisotopic (exact) mass is 472 g/mol. The molecule has 2 aromatic carbocycles. The van der Waals surface area contributed by atoms with E-state index in [0.717, 1.165) is 49.7 Å². The Morgan fingerprint density at radius 2 is 2.06 bits per heavy atom. The number of nitrogens with one attached hydrogen (secondary N) is 1. The van der Waals surface area contributed by atoms with Crippen molar-refractivity contribution in [2.75, 3.05) is 18.0 Å². The molecule has 5 nitrogen and oxygen atoms in total. The number of terminal acetylenes is 1. The van der Waals surface area contributed by atoms with Gasteiger partial charge in [0.1, 0.15) is 17.7 Å². The van der Waals surface area contributed by atoms with Crippen LogP contribution in [0.4, 0.5) is 14.5 Å². The van der Waals surface area contributed by atoms with Crippen LogP contribution in [0, 0.1) is 35.3 Å². The van der Waals surface area contributed by atoms with E-state index >= 15 is 0 Å². The van der Waals surface area contributed by atoms with Gasteiger partial charge >= 0.3 is 0 Å². The SMILES string of the molecule is C#CC(=O)N1[C@@H](CCCC)Cc2c([nH]c3c(F)cc(F)cc23)[C@@H]1c1ccc(N2CCC2)c(C#N)c1. The number of H-pyrrole nitrogens is 1. The summed E-state index contributed by atoms with van der Waals surface area (Å²) in [6.45, 7) is 3.87. The summed E-state index contributed by atoms with van der Waals surface area (Å²) in [5.74, 6) is 0.479. The Morgan fingerprint density at radius 1 is 1.26 bits per heavy atom. The van der Waals surface area contributed by atoms with E-state index in [2.05, 4.69) is 28.8 Å². The summed E-state index contributed by atoms with van der Waals surface area (Å²) < 4.78 is 29.0. The maximum absolute atomic E-state index is 14.8. The molecule has 0 radical (unpaired) electrons. The minimum atomic E-state index is -0.682. The van der Waals surface area contributed by atoms with Gasteiger partial charge in [-0.3, -0.25) is 4.79 Å². The number of halogens is 2. The first-order valence-electron chi connectivity index (χ1n) is 12.0. The van der Waals surface area contributed by atoms with Gasteiger partial charge in [0.05, 0.1) is 22.8 Å². The van der Waals surface area contributed by atoms with Gasteiger partial charge in [-0.2, -0.15) is 5.26 Å². The number of benzene rings is 2. The fraction of sp³-hybridized carbons (Fsp3) is 0.357. The smallest absolute Gasteiger partial charge is 0.299 e. The van der Waals surface area contributed by atoms with Crippen LogP contribution >= 0.6 is 0 Å². The van der Waals surface area contributed by atoms with Crippen molar-refractivity contribution in [3.63, 3.8) is 0 Å². The quantitative estimate of drug-likeness (QED) is 0.520. The molecule has 2 aliphatic rings. The highest BCUT2D eigenvalue weighted by Crippen LogP contribution is 2.43. The molecule has 0 spiro atoms. The number of aromatic nitrogens is 1. The van der Waals surface area contributed by atoms with Crippen LogP contribution in [0.5, 0.6) is 0 Å². The van der Waals surface area contributed by atoms with E-state index in [1.54, 1.807) is 11.0 Å². The van der Waals surface area contributed by atoms with Crippen molar-refractivity contribution in [3.8, 4) is 18.4 Å². The number of unbranched alkanes of at least 4 members (excludes halogenated alkanes) is 1. The Kier molecular flexibility index (Phi) is 5.94. The van der Waals surface area contributed by atoms with Crippen LogP contribution in [0.15, 0.2) is 30.3 Å². The van der Waals surface area contributed by atoms with Crippen molar-refractivity contribution in [2.45, 2.75) is 51.1 Å². The first-order valence-corrected chi connectivity index (χ1v) is 12.0. The molecule has 0 bridgehead atoms. The molecule has 1 fully saturated rings. The molecule has 2 aliphatic heterocycles. The van der Waals surface area contributed by atoms with Crippen LogP contribution in [0.2, 0.25) is 0 Å². The van der Waals surface area contributed by atoms with Gasteiger partial charge in [0, 0.05) is 36.3 Å². The summed E-state index contributed by atoms with van der Waals surface area (Å²) in [6, 6.07) is 9.22. The Labute approximate surface area is 203 Å². The van der Waals surface area contributed by atoms with E-state index < -0.39 is 23.6 Å². The lowest BCUT2D eigenvalue weighted by atomic mass is 9.85. The first kappa shape index (κ1) is 22.9.